The van der Waals surface area contributed by atoms with Gasteiger partial charge in [0.05, 0.1) is 22.0 Å². The molecule has 0 bridgehead atoms. The molecule has 0 saturated carbocycles. The fourth-order valence-electron chi connectivity index (χ4n) is 1.57. The largest absolute Gasteiger partial charge is 0.398 e. The first-order valence-corrected chi connectivity index (χ1v) is 8.09. The van der Waals surface area contributed by atoms with Gasteiger partial charge in [0.25, 0.3) is 0 Å². The lowest BCUT2D eigenvalue weighted by molar-refractivity contribution is 0.595. The SMILES string of the molecule is Nc1cc(Cl)ccc1S(=O)(=O)Cc1ccc(Br)cn1. The summed E-state index contributed by atoms with van der Waals surface area (Å²) in [4.78, 5) is 4.11. The van der Waals surface area contributed by atoms with Gasteiger partial charge >= 0.3 is 0 Å². The molecule has 1 aromatic carbocycles. The molecule has 2 N–H and O–H groups in total. The lowest BCUT2D eigenvalue weighted by Gasteiger charge is -2.07. The Bertz CT molecular complexity index is 702. The Balaban J connectivity index is 2.35. The third kappa shape index (κ3) is 3.46. The summed E-state index contributed by atoms with van der Waals surface area (Å²) in [6.07, 6.45) is 1.55. The van der Waals surface area contributed by atoms with Gasteiger partial charge in [0.15, 0.2) is 9.84 Å². The molecular formula is C12H10BrClN2O2S. The number of hydrogen-bond acceptors (Lipinski definition) is 4. The van der Waals surface area contributed by atoms with E-state index < -0.39 is 9.84 Å². The van der Waals surface area contributed by atoms with Crippen LogP contribution in [0.15, 0.2) is 45.9 Å². The second kappa shape index (κ2) is 5.48. The van der Waals surface area contributed by atoms with Crippen molar-refractivity contribution in [1.82, 2.24) is 4.98 Å². The fourth-order valence-corrected chi connectivity index (χ4v) is 3.39. The summed E-state index contributed by atoms with van der Waals surface area (Å²) in [5, 5.41) is 0.401. The first kappa shape index (κ1) is 14.3. The number of nitrogens with zero attached hydrogens (tertiary/aromatic N) is 1. The number of halogens is 2. The minimum absolute atomic E-state index is 0.0709. The molecule has 4 nitrogen and oxygen atoms in total. The van der Waals surface area contributed by atoms with Crippen LogP contribution in [-0.4, -0.2) is 13.4 Å². The van der Waals surface area contributed by atoms with E-state index in [1.54, 1.807) is 18.3 Å². The Morgan fingerprint density at radius 3 is 2.58 bits per heavy atom. The Kier molecular flexibility index (Phi) is 4.13. The molecule has 0 spiro atoms. The predicted octanol–water partition coefficient (Wildman–Crippen LogP) is 3.05. The van der Waals surface area contributed by atoms with Crippen LogP contribution in [0.25, 0.3) is 0 Å². The minimum Gasteiger partial charge on any atom is -0.398 e. The van der Waals surface area contributed by atoms with Crippen molar-refractivity contribution in [3.05, 3.63) is 51.7 Å². The van der Waals surface area contributed by atoms with E-state index in [1.165, 1.54) is 18.2 Å². The Morgan fingerprint density at radius 1 is 1.26 bits per heavy atom. The number of benzene rings is 1. The van der Waals surface area contributed by atoms with Crippen LogP contribution in [0.1, 0.15) is 5.69 Å². The highest BCUT2D eigenvalue weighted by Gasteiger charge is 2.19. The summed E-state index contributed by atoms with van der Waals surface area (Å²) in [5.41, 5.74) is 6.29. The monoisotopic (exact) mass is 360 g/mol. The second-order valence-corrected chi connectivity index (χ2v) is 7.22. The number of nitrogens with two attached hydrogens (primary N) is 1. The lowest BCUT2D eigenvalue weighted by atomic mass is 10.3. The van der Waals surface area contributed by atoms with Crippen LogP contribution >= 0.6 is 27.5 Å². The molecule has 2 rings (SSSR count). The molecule has 0 saturated heterocycles. The van der Waals surface area contributed by atoms with Crippen LogP contribution in [0, 0.1) is 0 Å². The van der Waals surface area contributed by atoms with Gasteiger partial charge in [0.1, 0.15) is 0 Å². The van der Waals surface area contributed by atoms with Crippen LogP contribution in [0.3, 0.4) is 0 Å². The molecule has 19 heavy (non-hydrogen) atoms. The number of sulfone groups is 1. The number of pyridine rings is 1. The minimum atomic E-state index is -3.54. The van der Waals surface area contributed by atoms with Crippen LogP contribution in [0.5, 0.6) is 0 Å². The zero-order valence-corrected chi connectivity index (χ0v) is 12.8. The van der Waals surface area contributed by atoms with Gasteiger partial charge in [-0.15, -0.1) is 0 Å². The van der Waals surface area contributed by atoms with Crippen molar-refractivity contribution in [1.29, 1.82) is 0 Å². The average molecular weight is 362 g/mol. The maximum atomic E-state index is 12.2. The van der Waals surface area contributed by atoms with E-state index in [0.717, 1.165) is 4.47 Å². The molecule has 0 unspecified atom stereocenters. The normalized spacial score (nSPS) is 11.5. The number of aromatic nitrogens is 1. The predicted molar refractivity (Wildman–Crippen MR) is 78.7 cm³/mol. The summed E-state index contributed by atoms with van der Waals surface area (Å²) in [5.74, 6) is -0.202. The van der Waals surface area contributed by atoms with Crippen molar-refractivity contribution in [2.45, 2.75) is 10.6 Å². The zero-order valence-electron chi connectivity index (χ0n) is 9.68. The Hall–Kier alpha value is -1.11. The standard InChI is InChI=1S/C12H10BrClN2O2S/c13-8-1-3-10(16-6-8)7-19(17,18)12-4-2-9(14)5-11(12)15/h1-6H,7,15H2. The molecule has 0 aliphatic carbocycles. The van der Waals surface area contributed by atoms with Gasteiger partial charge in [-0.2, -0.15) is 0 Å². The van der Waals surface area contributed by atoms with Gasteiger partial charge in [0.2, 0.25) is 0 Å². The van der Waals surface area contributed by atoms with Gasteiger partial charge in [-0.25, -0.2) is 8.42 Å². The second-order valence-electron chi connectivity index (χ2n) is 3.91. The summed E-state index contributed by atoms with van der Waals surface area (Å²) >= 11 is 9.00. The number of nitrogen functional groups attached to an aromatic ring is 1. The highest BCUT2D eigenvalue weighted by atomic mass is 79.9. The topological polar surface area (TPSA) is 73.1 Å². The maximum Gasteiger partial charge on any atom is 0.186 e. The molecule has 0 radical (unpaired) electrons. The van der Waals surface area contributed by atoms with Crippen molar-refractivity contribution in [3.63, 3.8) is 0 Å². The van der Waals surface area contributed by atoms with E-state index >= 15 is 0 Å². The van der Waals surface area contributed by atoms with E-state index in [-0.39, 0.29) is 16.3 Å². The van der Waals surface area contributed by atoms with Crippen molar-refractivity contribution in [2.24, 2.45) is 0 Å². The van der Waals surface area contributed by atoms with E-state index in [0.29, 0.717) is 10.7 Å². The zero-order chi connectivity index (χ0) is 14.0. The van der Waals surface area contributed by atoms with Crippen LogP contribution in [0.4, 0.5) is 5.69 Å². The molecule has 0 atom stereocenters. The smallest absolute Gasteiger partial charge is 0.186 e. The first-order chi connectivity index (χ1) is 8.88. The third-order valence-corrected chi connectivity index (χ3v) is 4.86. The quantitative estimate of drug-likeness (QED) is 0.853. The fraction of sp³-hybridized carbons (Fsp3) is 0.0833. The van der Waals surface area contributed by atoms with E-state index in [4.69, 9.17) is 17.3 Å². The van der Waals surface area contributed by atoms with Crippen molar-refractivity contribution in [3.8, 4) is 0 Å². The van der Waals surface area contributed by atoms with Crippen LogP contribution in [-0.2, 0) is 15.6 Å². The molecular weight excluding hydrogens is 352 g/mol. The number of rotatable bonds is 3. The molecule has 0 aliphatic rings. The van der Waals surface area contributed by atoms with Gasteiger partial charge < -0.3 is 5.73 Å². The van der Waals surface area contributed by atoms with Crippen molar-refractivity contribution < 1.29 is 8.42 Å². The maximum absolute atomic E-state index is 12.2. The van der Waals surface area contributed by atoms with Crippen molar-refractivity contribution >= 4 is 43.1 Å². The van der Waals surface area contributed by atoms with Gasteiger partial charge in [0, 0.05) is 15.7 Å². The molecule has 1 aromatic heterocycles. The van der Waals surface area contributed by atoms with Gasteiger partial charge in [-0.3, -0.25) is 4.98 Å². The average Bonchev–Trinajstić information content (AvgIpc) is 2.31. The summed E-state index contributed by atoms with van der Waals surface area (Å²) in [6, 6.07) is 7.71. The summed E-state index contributed by atoms with van der Waals surface area (Å²) < 4.78 is 25.3. The van der Waals surface area contributed by atoms with Crippen molar-refractivity contribution in [2.75, 3.05) is 5.73 Å². The molecule has 7 heteroatoms. The van der Waals surface area contributed by atoms with Crippen LogP contribution in [0.2, 0.25) is 5.02 Å². The highest BCUT2D eigenvalue weighted by molar-refractivity contribution is 9.10. The molecule has 0 aliphatic heterocycles. The molecule has 0 amide bonds. The lowest BCUT2D eigenvalue weighted by Crippen LogP contribution is -2.08. The Morgan fingerprint density at radius 2 is 2.00 bits per heavy atom. The number of hydrogen-bond donors (Lipinski definition) is 1. The van der Waals surface area contributed by atoms with E-state index in [2.05, 4.69) is 20.9 Å². The number of anilines is 1. The first-order valence-electron chi connectivity index (χ1n) is 5.27. The molecule has 2 aromatic rings. The Labute approximate surface area is 124 Å². The molecule has 1 heterocycles. The van der Waals surface area contributed by atoms with Gasteiger partial charge in [-0.1, -0.05) is 11.6 Å². The summed E-state index contributed by atoms with van der Waals surface area (Å²) in [7, 11) is -3.54. The highest BCUT2D eigenvalue weighted by Crippen LogP contribution is 2.25. The van der Waals surface area contributed by atoms with Crippen LogP contribution < -0.4 is 5.73 Å². The molecule has 0 fully saturated rings. The molecule has 100 valence electrons. The van der Waals surface area contributed by atoms with E-state index in [9.17, 15) is 8.42 Å². The summed E-state index contributed by atoms with van der Waals surface area (Å²) in [6.45, 7) is 0. The van der Waals surface area contributed by atoms with E-state index in [1.807, 2.05) is 0 Å². The van der Waals surface area contributed by atoms with Gasteiger partial charge in [-0.05, 0) is 46.3 Å². The third-order valence-electron chi connectivity index (χ3n) is 2.43.